The molecule has 6 heteroatoms. The van der Waals surface area contributed by atoms with Crippen LogP contribution in [0.25, 0.3) is 0 Å². The molecule has 1 aliphatic carbocycles. The third-order valence-corrected chi connectivity index (χ3v) is 5.71. The molecule has 1 aromatic heterocycles. The Balaban J connectivity index is 1.72. The van der Waals surface area contributed by atoms with Crippen LogP contribution in [0.15, 0.2) is 12.3 Å². The molecule has 0 aromatic carbocycles. The minimum Gasteiger partial charge on any atom is -0.364 e. The van der Waals surface area contributed by atoms with E-state index >= 15 is 0 Å². The first-order valence-corrected chi connectivity index (χ1v) is 9.72. The van der Waals surface area contributed by atoms with Crippen LogP contribution in [-0.4, -0.2) is 55.2 Å². The van der Waals surface area contributed by atoms with Crippen molar-refractivity contribution < 1.29 is 19.0 Å². The molecule has 2 atom stereocenters. The highest BCUT2D eigenvalue weighted by Gasteiger charge is 2.60. The smallest absolute Gasteiger partial charge is 0.259 e. The van der Waals surface area contributed by atoms with Crippen molar-refractivity contribution in [2.24, 2.45) is 5.92 Å². The normalized spacial score (nSPS) is 25.0. The van der Waals surface area contributed by atoms with Crippen LogP contribution in [0.4, 0.5) is 0 Å². The summed E-state index contributed by atoms with van der Waals surface area (Å²) in [5, 5.41) is 0. The molecule has 2 heterocycles. The van der Waals surface area contributed by atoms with Crippen LogP contribution in [0.5, 0.6) is 0 Å². The molecule has 1 radical (unpaired) electrons. The lowest BCUT2D eigenvalue weighted by Gasteiger charge is -2.53. The Hall–Kier alpha value is -1.50. The van der Waals surface area contributed by atoms with Crippen LogP contribution in [-0.2, 0) is 31.8 Å². The number of amides is 1. The largest absolute Gasteiger partial charge is 0.364 e. The number of pyridine rings is 1. The van der Waals surface area contributed by atoms with E-state index in [1.165, 1.54) is 36.8 Å². The number of carbonyl (C=O) groups excluding carboxylic acids is 1. The summed E-state index contributed by atoms with van der Waals surface area (Å²) in [5.41, 5.74) is 2.33. The first-order valence-electron chi connectivity index (χ1n) is 9.72. The second kappa shape index (κ2) is 8.67. The summed E-state index contributed by atoms with van der Waals surface area (Å²) >= 11 is 0. The monoisotopic (exact) mass is 375 g/mol. The Morgan fingerprint density at radius 1 is 1.33 bits per heavy atom. The van der Waals surface area contributed by atoms with Gasteiger partial charge in [0.25, 0.3) is 5.91 Å². The molecular weight excluding hydrogens is 344 g/mol. The van der Waals surface area contributed by atoms with Crippen molar-refractivity contribution in [1.29, 1.82) is 0 Å². The molecule has 0 bridgehead atoms. The van der Waals surface area contributed by atoms with Crippen molar-refractivity contribution in [1.82, 2.24) is 9.88 Å². The molecular formula is C21H31N2O4. The number of aromatic nitrogens is 1. The zero-order chi connectivity index (χ0) is 19.4. The molecule has 2 fully saturated rings. The standard InChI is InChI=1S/C21H31N2O4/c1-15-12-22-19(10-18(15)7-5-6-17-8-9-17)11-21(27-14-26-4)16(2)23(13-25-3)20(21)24/h10,12,16-17H,2,5-9,11,13-14H2,1,3-4H3/t16-,21+/m0/s1. The number of aryl methyl sites for hydroxylation is 2. The number of ether oxygens (including phenoxy) is 3. The highest BCUT2D eigenvalue weighted by molar-refractivity contribution is 5.93. The average Bonchev–Trinajstić information content (AvgIpc) is 3.49. The van der Waals surface area contributed by atoms with E-state index in [-0.39, 0.29) is 25.5 Å². The van der Waals surface area contributed by atoms with Crippen molar-refractivity contribution in [3.05, 3.63) is 36.0 Å². The number of hydrogen-bond donors (Lipinski definition) is 0. The first-order chi connectivity index (χ1) is 13.0. The van der Waals surface area contributed by atoms with E-state index in [4.69, 9.17) is 14.2 Å². The third kappa shape index (κ3) is 4.33. The Bertz CT molecular complexity index is 662. The molecule has 1 saturated carbocycles. The molecule has 0 spiro atoms. The lowest BCUT2D eigenvalue weighted by atomic mass is 9.79. The maximum Gasteiger partial charge on any atom is 0.259 e. The lowest BCUT2D eigenvalue weighted by molar-refractivity contribution is -0.226. The zero-order valence-corrected chi connectivity index (χ0v) is 16.7. The summed E-state index contributed by atoms with van der Waals surface area (Å²) in [4.78, 5) is 18.9. The van der Waals surface area contributed by atoms with Gasteiger partial charge < -0.3 is 19.1 Å². The molecule has 6 nitrogen and oxygen atoms in total. The van der Waals surface area contributed by atoms with Gasteiger partial charge in [0.1, 0.15) is 13.5 Å². The van der Waals surface area contributed by atoms with Crippen LogP contribution in [0.1, 0.15) is 42.5 Å². The van der Waals surface area contributed by atoms with E-state index in [1.807, 2.05) is 6.20 Å². The Kier molecular flexibility index (Phi) is 6.50. The molecule has 1 saturated heterocycles. The highest BCUT2D eigenvalue weighted by Crippen LogP contribution is 2.37. The Labute approximate surface area is 162 Å². The molecule has 1 aliphatic heterocycles. The summed E-state index contributed by atoms with van der Waals surface area (Å²) < 4.78 is 16.0. The fraction of sp³-hybridized carbons (Fsp3) is 0.667. The van der Waals surface area contributed by atoms with E-state index < -0.39 is 5.60 Å². The van der Waals surface area contributed by atoms with Gasteiger partial charge in [0.15, 0.2) is 5.60 Å². The molecule has 0 unspecified atom stereocenters. The SMILES string of the molecule is [CH2][C@@H]1N(COC)C(=O)[C@]1(Cc1cc(CCCC2CC2)c(C)cn1)OCOC. The Morgan fingerprint density at radius 3 is 2.74 bits per heavy atom. The van der Waals surface area contributed by atoms with Crippen LogP contribution in [0.2, 0.25) is 0 Å². The molecule has 3 rings (SSSR count). The second-order valence-electron chi connectivity index (χ2n) is 7.76. The van der Waals surface area contributed by atoms with E-state index in [0.717, 1.165) is 18.0 Å². The van der Waals surface area contributed by atoms with Crippen molar-refractivity contribution >= 4 is 5.91 Å². The van der Waals surface area contributed by atoms with Crippen LogP contribution >= 0.6 is 0 Å². The minimum atomic E-state index is -1.04. The maximum atomic E-state index is 12.8. The molecule has 2 aliphatic rings. The topological polar surface area (TPSA) is 60.9 Å². The first kappa shape index (κ1) is 20.2. The number of likely N-dealkylation sites (tertiary alicyclic amines) is 1. The minimum absolute atomic E-state index is 0.0404. The van der Waals surface area contributed by atoms with Gasteiger partial charge in [-0.05, 0) is 49.8 Å². The summed E-state index contributed by atoms with van der Waals surface area (Å²) in [6, 6.07) is 1.78. The second-order valence-corrected chi connectivity index (χ2v) is 7.76. The van der Waals surface area contributed by atoms with Gasteiger partial charge in [-0.1, -0.05) is 19.3 Å². The van der Waals surface area contributed by atoms with E-state index in [1.54, 1.807) is 19.1 Å². The van der Waals surface area contributed by atoms with E-state index in [2.05, 4.69) is 24.9 Å². The summed E-state index contributed by atoms with van der Waals surface area (Å²) in [6.07, 6.45) is 8.65. The summed E-state index contributed by atoms with van der Waals surface area (Å²) in [6.45, 7) is 6.47. The quantitative estimate of drug-likeness (QED) is 0.440. The fourth-order valence-corrected chi connectivity index (χ4v) is 3.80. The predicted molar refractivity (Wildman–Crippen MR) is 102 cm³/mol. The highest BCUT2D eigenvalue weighted by atomic mass is 16.7. The molecule has 1 amide bonds. The lowest BCUT2D eigenvalue weighted by Crippen LogP contribution is -2.75. The van der Waals surface area contributed by atoms with Crippen LogP contribution in [0, 0.1) is 19.8 Å². The van der Waals surface area contributed by atoms with E-state index in [0.29, 0.717) is 6.42 Å². The number of methoxy groups -OCH3 is 2. The number of carbonyl (C=O) groups is 1. The number of rotatable bonds is 11. The third-order valence-electron chi connectivity index (χ3n) is 5.71. The van der Waals surface area contributed by atoms with Crippen molar-refractivity contribution in [2.45, 2.75) is 57.1 Å². The van der Waals surface area contributed by atoms with Gasteiger partial charge >= 0.3 is 0 Å². The number of β-lactam (4-membered cyclic amide) rings is 1. The van der Waals surface area contributed by atoms with Crippen molar-refractivity contribution in [2.75, 3.05) is 27.7 Å². The van der Waals surface area contributed by atoms with Gasteiger partial charge in [-0.2, -0.15) is 0 Å². The van der Waals surface area contributed by atoms with Crippen LogP contribution in [0.3, 0.4) is 0 Å². The number of hydrogen-bond acceptors (Lipinski definition) is 5. The fourth-order valence-electron chi connectivity index (χ4n) is 3.80. The van der Waals surface area contributed by atoms with Crippen molar-refractivity contribution in [3.8, 4) is 0 Å². The molecule has 149 valence electrons. The predicted octanol–water partition coefficient (Wildman–Crippen LogP) is 2.67. The summed E-state index contributed by atoms with van der Waals surface area (Å²) in [5.74, 6) is 0.822. The van der Waals surface area contributed by atoms with E-state index in [9.17, 15) is 4.79 Å². The molecule has 0 N–H and O–H groups in total. The maximum absolute atomic E-state index is 12.8. The van der Waals surface area contributed by atoms with Gasteiger partial charge in [-0.15, -0.1) is 0 Å². The van der Waals surface area contributed by atoms with Gasteiger partial charge in [0, 0.05) is 32.5 Å². The van der Waals surface area contributed by atoms with Crippen molar-refractivity contribution in [3.63, 3.8) is 0 Å². The molecule has 27 heavy (non-hydrogen) atoms. The molecule has 1 aromatic rings. The number of nitrogens with zero attached hydrogens (tertiary/aromatic N) is 2. The van der Waals surface area contributed by atoms with Gasteiger partial charge in [-0.25, -0.2) is 0 Å². The average molecular weight is 375 g/mol. The summed E-state index contributed by atoms with van der Waals surface area (Å²) in [7, 11) is 3.11. The zero-order valence-electron chi connectivity index (χ0n) is 16.7. The van der Waals surface area contributed by atoms with Crippen LogP contribution < -0.4 is 0 Å². The van der Waals surface area contributed by atoms with Gasteiger partial charge in [0.05, 0.1) is 6.04 Å². The van der Waals surface area contributed by atoms with Gasteiger partial charge in [0.2, 0.25) is 0 Å². The van der Waals surface area contributed by atoms with Gasteiger partial charge in [-0.3, -0.25) is 9.78 Å². The Morgan fingerprint density at radius 2 is 2.11 bits per heavy atom.